The summed E-state index contributed by atoms with van der Waals surface area (Å²) in [4.78, 5) is 27.1. The van der Waals surface area contributed by atoms with Gasteiger partial charge in [0.05, 0.1) is 5.69 Å². The summed E-state index contributed by atoms with van der Waals surface area (Å²) in [5.74, 6) is 0.418. The first kappa shape index (κ1) is 16.5. The second kappa shape index (κ2) is 7.09. The van der Waals surface area contributed by atoms with Crippen LogP contribution in [0.1, 0.15) is 16.9 Å². The summed E-state index contributed by atoms with van der Waals surface area (Å²) in [7, 11) is 0. The number of nitrogens with zero attached hydrogens (tertiary/aromatic N) is 4. The number of benzene rings is 1. The number of pyridine rings is 1. The highest BCUT2D eigenvalue weighted by atomic mass is 35.5. The summed E-state index contributed by atoms with van der Waals surface area (Å²) < 4.78 is 0. The Morgan fingerprint density at radius 2 is 1.92 bits per heavy atom. The highest BCUT2D eigenvalue weighted by molar-refractivity contribution is 6.30. The molecule has 1 aliphatic rings. The third-order valence-corrected chi connectivity index (χ3v) is 4.39. The molecule has 3 heterocycles. The molecule has 0 aliphatic carbocycles. The molecule has 0 saturated carbocycles. The number of halogens is 1. The third kappa shape index (κ3) is 3.50. The second-order valence-electron chi connectivity index (χ2n) is 5.98. The summed E-state index contributed by atoms with van der Waals surface area (Å²) >= 11 is 6.00. The van der Waals surface area contributed by atoms with Crippen LogP contribution in [0.15, 0.2) is 54.9 Å². The van der Waals surface area contributed by atoms with Crippen molar-refractivity contribution in [3.8, 4) is 11.3 Å². The average Bonchev–Trinajstić information content (AvgIpc) is 2.61. The maximum atomic E-state index is 12.4. The molecule has 6 nitrogen and oxygen atoms in total. The van der Waals surface area contributed by atoms with Crippen molar-refractivity contribution < 1.29 is 4.79 Å². The number of hydrogen-bond donors (Lipinski definition) is 1. The molecule has 2 aromatic heterocycles. The van der Waals surface area contributed by atoms with E-state index in [1.807, 2.05) is 18.2 Å². The van der Waals surface area contributed by atoms with Crippen molar-refractivity contribution >= 4 is 29.1 Å². The zero-order valence-corrected chi connectivity index (χ0v) is 14.6. The molecule has 1 aliphatic heterocycles. The lowest BCUT2D eigenvalue weighted by Crippen LogP contribution is -2.42. The molecule has 1 aromatic carbocycles. The SMILES string of the molecule is O=C(c1cc(-c2ccnc(Nc3cccc(Cl)c3)n2)ccn1)N1CCC1. The van der Waals surface area contributed by atoms with Crippen LogP contribution < -0.4 is 5.32 Å². The zero-order valence-electron chi connectivity index (χ0n) is 13.9. The average molecular weight is 366 g/mol. The molecule has 1 fully saturated rings. The molecule has 1 saturated heterocycles. The fraction of sp³-hybridized carbons (Fsp3) is 0.158. The van der Waals surface area contributed by atoms with Crippen LogP contribution in [0, 0.1) is 0 Å². The minimum Gasteiger partial charge on any atom is -0.337 e. The molecule has 0 bridgehead atoms. The van der Waals surface area contributed by atoms with Gasteiger partial charge in [0.1, 0.15) is 5.69 Å². The van der Waals surface area contributed by atoms with Gasteiger partial charge in [-0.15, -0.1) is 0 Å². The molecule has 4 rings (SSSR count). The quantitative estimate of drug-likeness (QED) is 0.761. The van der Waals surface area contributed by atoms with Gasteiger partial charge in [0, 0.05) is 41.8 Å². The van der Waals surface area contributed by atoms with Gasteiger partial charge in [0.2, 0.25) is 5.95 Å². The van der Waals surface area contributed by atoms with E-state index in [1.54, 1.807) is 41.6 Å². The van der Waals surface area contributed by atoms with E-state index in [-0.39, 0.29) is 5.91 Å². The van der Waals surface area contributed by atoms with Crippen LogP contribution in [0.2, 0.25) is 5.02 Å². The predicted octanol–water partition coefficient (Wildman–Crippen LogP) is 3.78. The monoisotopic (exact) mass is 365 g/mol. The Kier molecular flexibility index (Phi) is 4.50. The molecular formula is C19H16ClN5O. The lowest BCUT2D eigenvalue weighted by Gasteiger charge is -2.30. The summed E-state index contributed by atoms with van der Waals surface area (Å²) in [6, 6.07) is 12.7. The van der Waals surface area contributed by atoms with Crippen LogP contribution in [0.5, 0.6) is 0 Å². The molecule has 130 valence electrons. The normalized spacial score (nSPS) is 13.2. The van der Waals surface area contributed by atoms with Gasteiger partial charge < -0.3 is 10.2 Å². The van der Waals surface area contributed by atoms with Gasteiger partial charge in [-0.1, -0.05) is 17.7 Å². The second-order valence-corrected chi connectivity index (χ2v) is 6.41. The van der Waals surface area contributed by atoms with Crippen LogP contribution in [0.4, 0.5) is 11.6 Å². The largest absolute Gasteiger partial charge is 0.337 e. The van der Waals surface area contributed by atoms with E-state index in [4.69, 9.17) is 11.6 Å². The Bertz CT molecular complexity index is 958. The lowest BCUT2D eigenvalue weighted by atomic mass is 10.1. The molecule has 0 spiro atoms. The Hall–Kier alpha value is -2.99. The van der Waals surface area contributed by atoms with Crippen LogP contribution in [-0.2, 0) is 0 Å². The van der Waals surface area contributed by atoms with Crippen molar-refractivity contribution in [3.05, 3.63) is 65.6 Å². The number of anilines is 2. The molecule has 1 amide bonds. The van der Waals surface area contributed by atoms with Gasteiger partial charge in [-0.3, -0.25) is 9.78 Å². The van der Waals surface area contributed by atoms with Gasteiger partial charge in [0.15, 0.2) is 0 Å². The van der Waals surface area contributed by atoms with Crippen molar-refractivity contribution in [2.75, 3.05) is 18.4 Å². The van der Waals surface area contributed by atoms with Crippen LogP contribution >= 0.6 is 11.6 Å². The lowest BCUT2D eigenvalue weighted by molar-refractivity contribution is 0.0645. The third-order valence-electron chi connectivity index (χ3n) is 4.15. The molecule has 7 heteroatoms. The Labute approximate surface area is 155 Å². The van der Waals surface area contributed by atoms with Gasteiger partial charge in [-0.25, -0.2) is 9.97 Å². The summed E-state index contributed by atoms with van der Waals surface area (Å²) in [5, 5.41) is 3.77. The fourth-order valence-electron chi connectivity index (χ4n) is 2.66. The standard InChI is InChI=1S/C19H16ClN5O/c20-14-3-1-4-15(12-14)23-19-22-8-6-16(24-19)13-5-7-21-17(11-13)18(26)25-9-2-10-25/h1,3-8,11-12H,2,9-10H2,(H,22,23,24). The summed E-state index contributed by atoms with van der Waals surface area (Å²) in [6.45, 7) is 1.60. The fourth-order valence-corrected chi connectivity index (χ4v) is 2.85. The zero-order chi connectivity index (χ0) is 17.9. The van der Waals surface area contributed by atoms with Crippen LogP contribution in [0.3, 0.4) is 0 Å². The maximum Gasteiger partial charge on any atom is 0.272 e. The number of aromatic nitrogens is 3. The van der Waals surface area contributed by atoms with E-state index in [0.717, 1.165) is 30.8 Å². The molecule has 1 N–H and O–H groups in total. The molecule has 26 heavy (non-hydrogen) atoms. The van der Waals surface area contributed by atoms with Gasteiger partial charge in [0.25, 0.3) is 5.91 Å². The Morgan fingerprint density at radius 1 is 1.08 bits per heavy atom. The minimum atomic E-state index is -0.0376. The van der Waals surface area contributed by atoms with Gasteiger partial charge >= 0.3 is 0 Å². The molecular weight excluding hydrogens is 350 g/mol. The van der Waals surface area contributed by atoms with Crippen LogP contribution in [0.25, 0.3) is 11.3 Å². The molecule has 0 unspecified atom stereocenters. The predicted molar refractivity (Wildman–Crippen MR) is 101 cm³/mol. The number of amides is 1. The summed E-state index contributed by atoms with van der Waals surface area (Å²) in [6.07, 6.45) is 4.36. The first-order valence-corrected chi connectivity index (χ1v) is 8.68. The van der Waals surface area contributed by atoms with Gasteiger partial charge in [-0.05, 0) is 42.8 Å². The number of rotatable bonds is 4. The van der Waals surface area contributed by atoms with Crippen LogP contribution in [-0.4, -0.2) is 38.8 Å². The smallest absolute Gasteiger partial charge is 0.272 e. The first-order valence-electron chi connectivity index (χ1n) is 8.30. The number of likely N-dealkylation sites (tertiary alicyclic amines) is 1. The first-order chi connectivity index (χ1) is 12.7. The number of hydrogen-bond acceptors (Lipinski definition) is 5. The van der Waals surface area contributed by atoms with E-state index < -0.39 is 0 Å². The van der Waals surface area contributed by atoms with E-state index >= 15 is 0 Å². The van der Waals surface area contributed by atoms with Crippen molar-refractivity contribution in [3.63, 3.8) is 0 Å². The van der Waals surface area contributed by atoms with Gasteiger partial charge in [-0.2, -0.15) is 0 Å². The number of carbonyl (C=O) groups is 1. The van der Waals surface area contributed by atoms with E-state index in [1.165, 1.54) is 0 Å². The topological polar surface area (TPSA) is 71.0 Å². The molecule has 3 aromatic rings. The summed E-state index contributed by atoms with van der Waals surface area (Å²) in [5.41, 5.74) is 2.77. The van der Waals surface area contributed by atoms with Crippen molar-refractivity contribution in [2.45, 2.75) is 6.42 Å². The maximum absolute atomic E-state index is 12.4. The Morgan fingerprint density at radius 3 is 2.69 bits per heavy atom. The Balaban J connectivity index is 1.59. The van der Waals surface area contributed by atoms with E-state index in [9.17, 15) is 4.79 Å². The molecule has 0 radical (unpaired) electrons. The number of nitrogens with one attached hydrogen (secondary N) is 1. The number of carbonyl (C=O) groups excluding carboxylic acids is 1. The van der Waals surface area contributed by atoms with Crippen molar-refractivity contribution in [1.82, 2.24) is 19.9 Å². The molecule has 0 atom stereocenters. The van der Waals surface area contributed by atoms with Crippen molar-refractivity contribution in [2.24, 2.45) is 0 Å². The van der Waals surface area contributed by atoms with E-state index in [0.29, 0.717) is 22.4 Å². The van der Waals surface area contributed by atoms with Crippen molar-refractivity contribution in [1.29, 1.82) is 0 Å². The minimum absolute atomic E-state index is 0.0376. The highest BCUT2D eigenvalue weighted by Gasteiger charge is 2.22. The highest BCUT2D eigenvalue weighted by Crippen LogP contribution is 2.22. The van der Waals surface area contributed by atoms with E-state index in [2.05, 4.69) is 20.3 Å².